The Labute approximate surface area is 122 Å². The van der Waals surface area contributed by atoms with Crippen molar-refractivity contribution >= 4 is 40.0 Å². The lowest BCUT2D eigenvalue weighted by atomic mass is 10.3. The monoisotopic (exact) mass is 300 g/mol. The summed E-state index contributed by atoms with van der Waals surface area (Å²) in [5.41, 5.74) is 5.91. The third kappa shape index (κ3) is 2.97. The van der Waals surface area contributed by atoms with Crippen molar-refractivity contribution in [3.63, 3.8) is 0 Å². The highest BCUT2D eigenvalue weighted by molar-refractivity contribution is 7.99. The zero-order chi connectivity index (χ0) is 14.0. The van der Waals surface area contributed by atoms with E-state index in [9.17, 15) is 4.79 Å². The molecule has 1 aromatic rings. The number of hydrogen-bond acceptors (Lipinski definition) is 6. The van der Waals surface area contributed by atoms with Gasteiger partial charge in [0.05, 0.1) is 0 Å². The third-order valence-corrected chi connectivity index (χ3v) is 5.63. The molecule has 0 aliphatic carbocycles. The van der Waals surface area contributed by atoms with Crippen molar-refractivity contribution in [3.05, 3.63) is 4.88 Å². The summed E-state index contributed by atoms with van der Waals surface area (Å²) in [5.74, 6) is 2.37. The van der Waals surface area contributed by atoms with E-state index >= 15 is 0 Å². The zero-order valence-electron chi connectivity index (χ0n) is 11.5. The maximum absolute atomic E-state index is 12.5. The standard InChI is InChI=1S/C12H20N4OS2/c1-4-15(3)12-14-10(13)9(19-12)11(17)16-5-6-18-7-8(16)2/h8H,4-7,13H2,1-3H3. The molecule has 1 atom stereocenters. The number of rotatable bonds is 3. The SMILES string of the molecule is CCN(C)c1nc(N)c(C(=O)N2CCSCC2C)s1. The van der Waals surface area contributed by atoms with Gasteiger partial charge in [-0.2, -0.15) is 11.8 Å². The number of amides is 1. The summed E-state index contributed by atoms with van der Waals surface area (Å²) in [7, 11) is 1.95. The molecule has 5 nitrogen and oxygen atoms in total. The van der Waals surface area contributed by atoms with Crippen LogP contribution in [-0.4, -0.2) is 53.5 Å². The molecule has 1 unspecified atom stereocenters. The molecule has 1 aliphatic heterocycles. The van der Waals surface area contributed by atoms with Crippen LogP contribution in [0.1, 0.15) is 23.5 Å². The first-order valence-electron chi connectivity index (χ1n) is 6.40. The van der Waals surface area contributed by atoms with Crippen molar-refractivity contribution in [2.24, 2.45) is 0 Å². The van der Waals surface area contributed by atoms with E-state index < -0.39 is 0 Å². The first-order chi connectivity index (χ1) is 9.04. The Balaban J connectivity index is 2.21. The number of thiazole rings is 1. The molecule has 106 valence electrons. The smallest absolute Gasteiger partial charge is 0.268 e. The summed E-state index contributed by atoms with van der Waals surface area (Å²) in [6, 6.07) is 0.264. The van der Waals surface area contributed by atoms with Crippen molar-refractivity contribution in [2.45, 2.75) is 19.9 Å². The highest BCUT2D eigenvalue weighted by Gasteiger charge is 2.28. The second kappa shape index (κ2) is 6.00. The Morgan fingerprint density at radius 1 is 1.63 bits per heavy atom. The molecule has 0 saturated carbocycles. The molecule has 1 amide bonds. The van der Waals surface area contributed by atoms with Crippen LogP contribution in [0.4, 0.5) is 10.9 Å². The van der Waals surface area contributed by atoms with Gasteiger partial charge in [-0.25, -0.2) is 4.98 Å². The second-order valence-electron chi connectivity index (χ2n) is 4.65. The van der Waals surface area contributed by atoms with Gasteiger partial charge in [-0.1, -0.05) is 11.3 Å². The van der Waals surface area contributed by atoms with Crippen LogP contribution in [0, 0.1) is 0 Å². The largest absolute Gasteiger partial charge is 0.382 e. The average Bonchev–Trinajstić information content (AvgIpc) is 2.80. The van der Waals surface area contributed by atoms with E-state index in [1.54, 1.807) is 0 Å². The lowest BCUT2D eigenvalue weighted by molar-refractivity contribution is 0.0722. The van der Waals surface area contributed by atoms with Gasteiger partial charge >= 0.3 is 0 Å². The number of aromatic nitrogens is 1. The normalized spacial score (nSPS) is 19.5. The number of anilines is 2. The molecule has 1 aromatic heterocycles. The molecular weight excluding hydrogens is 280 g/mol. The molecule has 0 spiro atoms. The Bertz CT molecular complexity index is 463. The van der Waals surface area contributed by atoms with Gasteiger partial charge in [0.15, 0.2) is 5.13 Å². The number of thioether (sulfide) groups is 1. The van der Waals surface area contributed by atoms with Gasteiger partial charge in [0.2, 0.25) is 0 Å². The van der Waals surface area contributed by atoms with Gasteiger partial charge in [0.1, 0.15) is 10.7 Å². The minimum Gasteiger partial charge on any atom is -0.382 e. The first kappa shape index (κ1) is 14.5. The van der Waals surface area contributed by atoms with Gasteiger partial charge in [0, 0.05) is 37.7 Å². The molecule has 0 aromatic carbocycles. The first-order valence-corrected chi connectivity index (χ1v) is 8.37. The van der Waals surface area contributed by atoms with Gasteiger partial charge in [-0.3, -0.25) is 4.79 Å². The number of nitrogens with two attached hydrogens (primary N) is 1. The number of hydrogen-bond donors (Lipinski definition) is 1. The summed E-state index contributed by atoms with van der Waals surface area (Å²) in [6.07, 6.45) is 0. The van der Waals surface area contributed by atoms with E-state index in [1.807, 2.05) is 35.5 Å². The topological polar surface area (TPSA) is 62.5 Å². The van der Waals surface area contributed by atoms with Crippen molar-refractivity contribution in [3.8, 4) is 0 Å². The van der Waals surface area contributed by atoms with Crippen LogP contribution in [0.5, 0.6) is 0 Å². The fourth-order valence-corrected chi connectivity index (χ4v) is 3.91. The van der Waals surface area contributed by atoms with E-state index in [0.29, 0.717) is 10.7 Å². The van der Waals surface area contributed by atoms with E-state index in [1.165, 1.54) is 11.3 Å². The highest BCUT2D eigenvalue weighted by atomic mass is 32.2. The van der Waals surface area contributed by atoms with Gasteiger partial charge in [-0.15, -0.1) is 0 Å². The lowest BCUT2D eigenvalue weighted by Gasteiger charge is -2.32. The maximum Gasteiger partial charge on any atom is 0.268 e. The summed E-state index contributed by atoms with van der Waals surface area (Å²) in [4.78, 5) is 21.3. The highest BCUT2D eigenvalue weighted by Crippen LogP contribution is 2.30. The van der Waals surface area contributed by atoms with E-state index in [-0.39, 0.29) is 11.9 Å². The van der Waals surface area contributed by atoms with Crippen LogP contribution in [-0.2, 0) is 0 Å². The summed E-state index contributed by atoms with van der Waals surface area (Å²) >= 11 is 3.28. The number of carbonyl (C=O) groups excluding carboxylic acids is 1. The van der Waals surface area contributed by atoms with E-state index in [2.05, 4.69) is 11.9 Å². The molecular formula is C12H20N4OS2. The van der Waals surface area contributed by atoms with Gasteiger partial charge in [0.25, 0.3) is 5.91 Å². The zero-order valence-corrected chi connectivity index (χ0v) is 13.2. The minimum atomic E-state index is 0.0264. The van der Waals surface area contributed by atoms with Crippen LogP contribution in [0.2, 0.25) is 0 Å². The molecule has 0 bridgehead atoms. The molecule has 1 saturated heterocycles. The maximum atomic E-state index is 12.5. The van der Waals surface area contributed by atoms with Crippen LogP contribution in [0.25, 0.3) is 0 Å². The molecule has 0 radical (unpaired) electrons. The molecule has 2 rings (SSSR count). The Morgan fingerprint density at radius 2 is 2.37 bits per heavy atom. The summed E-state index contributed by atoms with van der Waals surface area (Å²) in [5, 5.41) is 0.808. The summed E-state index contributed by atoms with van der Waals surface area (Å²) in [6.45, 7) is 5.77. The lowest BCUT2D eigenvalue weighted by Crippen LogP contribution is -2.44. The predicted molar refractivity (Wildman–Crippen MR) is 83.3 cm³/mol. The van der Waals surface area contributed by atoms with Crippen LogP contribution < -0.4 is 10.6 Å². The Morgan fingerprint density at radius 3 is 3.00 bits per heavy atom. The van der Waals surface area contributed by atoms with E-state index in [4.69, 9.17) is 5.73 Å². The van der Waals surface area contributed by atoms with Crippen LogP contribution in [0.3, 0.4) is 0 Å². The van der Waals surface area contributed by atoms with E-state index in [0.717, 1.165) is 29.7 Å². The Hall–Kier alpha value is -0.950. The number of nitrogens with zero attached hydrogens (tertiary/aromatic N) is 3. The van der Waals surface area contributed by atoms with Crippen LogP contribution >= 0.6 is 23.1 Å². The number of carbonyl (C=O) groups is 1. The predicted octanol–water partition coefficient (Wildman–Crippen LogP) is 1.76. The molecule has 1 fully saturated rings. The van der Waals surface area contributed by atoms with Gasteiger partial charge in [-0.05, 0) is 13.8 Å². The third-order valence-electron chi connectivity index (χ3n) is 3.27. The van der Waals surface area contributed by atoms with Crippen molar-refractivity contribution < 1.29 is 4.79 Å². The fraction of sp³-hybridized carbons (Fsp3) is 0.667. The van der Waals surface area contributed by atoms with Crippen molar-refractivity contribution in [1.82, 2.24) is 9.88 Å². The second-order valence-corrected chi connectivity index (χ2v) is 6.77. The summed E-state index contributed by atoms with van der Waals surface area (Å²) < 4.78 is 0. The average molecular weight is 300 g/mol. The molecule has 2 heterocycles. The molecule has 7 heteroatoms. The quantitative estimate of drug-likeness (QED) is 0.921. The molecule has 1 aliphatic rings. The molecule has 19 heavy (non-hydrogen) atoms. The molecule has 2 N–H and O–H groups in total. The van der Waals surface area contributed by atoms with Crippen molar-refractivity contribution in [1.29, 1.82) is 0 Å². The van der Waals surface area contributed by atoms with Gasteiger partial charge < -0.3 is 15.5 Å². The minimum absolute atomic E-state index is 0.0264. The fourth-order valence-electron chi connectivity index (χ4n) is 1.93. The Kier molecular flexibility index (Phi) is 4.57. The van der Waals surface area contributed by atoms with Crippen molar-refractivity contribution in [2.75, 3.05) is 42.3 Å². The van der Waals surface area contributed by atoms with Crippen LogP contribution in [0.15, 0.2) is 0 Å². The number of nitrogen functional groups attached to an aromatic ring is 1.